The molecule has 1 N–H and O–H groups in total. The van der Waals surface area contributed by atoms with Gasteiger partial charge in [0.05, 0.1) is 0 Å². The van der Waals surface area contributed by atoms with Crippen LogP contribution in [0.1, 0.15) is 39.0 Å². The van der Waals surface area contributed by atoms with E-state index in [1.54, 1.807) is 0 Å². The third kappa shape index (κ3) is 2.28. The van der Waals surface area contributed by atoms with Gasteiger partial charge in [0.15, 0.2) is 0 Å². The highest BCUT2D eigenvalue weighted by molar-refractivity contribution is 4.95. The molecular formula is C14H26N2. The van der Waals surface area contributed by atoms with E-state index in [4.69, 9.17) is 0 Å². The molecule has 0 amide bonds. The Balaban J connectivity index is 1.52. The molecule has 0 aromatic carbocycles. The van der Waals surface area contributed by atoms with Gasteiger partial charge in [0.2, 0.25) is 0 Å². The molecular weight excluding hydrogens is 196 g/mol. The molecule has 3 aliphatic rings. The summed E-state index contributed by atoms with van der Waals surface area (Å²) in [7, 11) is 0. The first-order chi connectivity index (χ1) is 7.86. The predicted molar refractivity (Wildman–Crippen MR) is 67.5 cm³/mol. The Kier molecular flexibility index (Phi) is 3.21. The third-order valence-corrected chi connectivity index (χ3v) is 4.99. The summed E-state index contributed by atoms with van der Waals surface area (Å²) < 4.78 is 0. The number of rotatable bonds is 5. The monoisotopic (exact) mass is 222 g/mol. The van der Waals surface area contributed by atoms with Crippen LogP contribution in [0.3, 0.4) is 0 Å². The fourth-order valence-corrected chi connectivity index (χ4v) is 3.78. The van der Waals surface area contributed by atoms with Gasteiger partial charge in [-0.15, -0.1) is 0 Å². The summed E-state index contributed by atoms with van der Waals surface area (Å²) in [4.78, 5) is 2.69. The third-order valence-electron chi connectivity index (χ3n) is 4.99. The first kappa shape index (κ1) is 11.0. The summed E-state index contributed by atoms with van der Waals surface area (Å²) in [6.07, 6.45) is 7.44. The molecule has 2 saturated carbocycles. The van der Waals surface area contributed by atoms with E-state index in [-0.39, 0.29) is 0 Å². The highest BCUT2D eigenvalue weighted by atomic mass is 15.2. The maximum absolute atomic E-state index is 3.78. The van der Waals surface area contributed by atoms with Crippen molar-refractivity contribution in [3.8, 4) is 0 Å². The fraction of sp³-hybridized carbons (Fsp3) is 1.00. The van der Waals surface area contributed by atoms with Crippen molar-refractivity contribution in [2.45, 2.75) is 45.1 Å². The maximum atomic E-state index is 3.78. The lowest BCUT2D eigenvalue weighted by Gasteiger charge is -2.27. The molecule has 1 aliphatic heterocycles. The molecule has 1 saturated heterocycles. The van der Waals surface area contributed by atoms with Gasteiger partial charge in [0.25, 0.3) is 0 Å². The standard InChI is InChI=1S/C14H26N2/c1-2-16(9-11-6-7-11)10-14-13-5-3-4-12(13)8-15-14/h11-15H,2-10H2,1H3. The van der Waals surface area contributed by atoms with E-state index in [1.165, 1.54) is 58.3 Å². The van der Waals surface area contributed by atoms with E-state index in [2.05, 4.69) is 17.1 Å². The molecule has 1 heterocycles. The largest absolute Gasteiger partial charge is 0.312 e. The molecule has 0 bridgehead atoms. The molecule has 0 aromatic rings. The Morgan fingerprint density at radius 1 is 1.12 bits per heavy atom. The number of nitrogens with one attached hydrogen (secondary N) is 1. The van der Waals surface area contributed by atoms with Gasteiger partial charge in [-0.05, 0) is 56.5 Å². The van der Waals surface area contributed by atoms with Crippen molar-refractivity contribution in [1.29, 1.82) is 0 Å². The van der Waals surface area contributed by atoms with Crippen LogP contribution in [0.2, 0.25) is 0 Å². The SMILES string of the molecule is CCN(CC1CC1)CC1NCC2CCCC21. The molecule has 3 rings (SSSR count). The van der Waals surface area contributed by atoms with E-state index in [1.807, 2.05) is 0 Å². The van der Waals surface area contributed by atoms with Crippen molar-refractivity contribution >= 4 is 0 Å². The number of likely N-dealkylation sites (N-methyl/N-ethyl adjacent to an activating group) is 1. The van der Waals surface area contributed by atoms with Crippen LogP contribution in [0.5, 0.6) is 0 Å². The Morgan fingerprint density at radius 2 is 2.00 bits per heavy atom. The van der Waals surface area contributed by atoms with Crippen LogP contribution in [0.4, 0.5) is 0 Å². The highest BCUT2D eigenvalue weighted by Gasteiger charge is 2.39. The molecule has 3 unspecified atom stereocenters. The Hall–Kier alpha value is -0.0800. The molecule has 3 fully saturated rings. The first-order valence-electron chi connectivity index (χ1n) is 7.32. The van der Waals surface area contributed by atoms with Crippen molar-refractivity contribution in [3.05, 3.63) is 0 Å². The van der Waals surface area contributed by atoms with Crippen molar-refractivity contribution in [1.82, 2.24) is 10.2 Å². The Morgan fingerprint density at radius 3 is 2.75 bits per heavy atom. The zero-order chi connectivity index (χ0) is 11.0. The van der Waals surface area contributed by atoms with E-state index < -0.39 is 0 Å². The van der Waals surface area contributed by atoms with Gasteiger partial charge in [-0.2, -0.15) is 0 Å². The van der Waals surface area contributed by atoms with Crippen molar-refractivity contribution in [2.24, 2.45) is 17.8 Å². The molecule has 0 aromatic heterocycles. The van der Waals surface area contributed by atoms with Gasteiger partial charge in [-0.25, -0.2) is 0 Å². The lowest BCUT2D eigenvalue weighted by atomic mass is 9.94. The van der Waals surface area contributed by atoms with Crippen LogP contribution in [-0.2, 0) is 0 Å². The second-order valence-electron chi connectivity index (χ2n) is 6.17. The number of hydrogen-bond donors (Lipinski definition) is 1. The predicted octanol–water partition coefficient (Wildman–Crippen LogP) is 2.11. The second kappa shape index (κ2) is 4.66. The van der Waals surface area contributed by atoms with Crippen LogP contribution in [-0.4, -0.2) is 37.1 Å². The zero-order valence-electron chi connectivity index (χ0n) is 10.6. The maximum Gasteiger partial charge on any atom is 0.0226 e. The van der Waals surface area contributed by atoms with Crippen LogP contribution < -0.4 is 5.32 Å². The summed E-state index contributed by atoms with van der Waals surface area (Å²) in [5, 5.41) is 3.78. The second-order valence-corrected chi connectivity index (χ2v) is 6.17. The van der Waals surface area contributed by atoms with Crippen molar-refractivity contribution < 1.29 is 0 Å². The molecule has 2 aliphatic carbocycles. The minimum atomic E-state index is 0.811. The van der Waals surface area contributed by atoms with Gasteiger partial charge < -0.3 is 10.2 Å². The topological polar surface area (TPSA) is 15.3 Å². The lowest BCUT2D eigenvalue weighted by Crippen LogP contribution is -2.41. The quantitative estimate of drug-likeness (QED) is 0.766. The average molecular weight is 222 g/mol. The van der Waals surface area contributed by atoms with Gasteiger partial charge in [-0.1, -0.05) is 13.3 Å². The Bertz CT molecular complexity index is 237. The molecule has 16 heavy (non-hydrogen) atoms. The van der Waals surface area contributed by atoms with E-state index in [0.717, 1.165) is 23.8 Å². The zero-order valence-corrected chi connectivity index (χ0v) is 10.6. The van der Waals surface area contributed by atoms with Crippen LogP contribution in [0.25, 0.3) is 0 Å². The normalized spacial score (nSPS) is 38.2. The molecule has 0 radical (unpaired) electrons. The summed E-state index contributed by atoms with van der Waals surface area (Å²) in [6, 6.07) is 0.811. The minimum absolute atomic E-state index is 0.811. The van der Waals surface area contributed by atoms with E-state index >= 15 is 0 Å². The molecule has 2 heteroatoms. The lowest BCUT2D eigenvalue weighted by molar-refractivity contribution is 0.227. The number of hydrogen-bond acceptors (Lipinski definition) is 2. The molecule has 3 atom stereocenters. The van der Waals surface area contributed by atoms with Crippen LogP contribution in [0.15, 0.2) is 0 Å². The van der Waals surface area contributed by atoms with Gasteiger partial charge in [-0.3, -0.25) is 0 Å². The van der Waals surface area contributed by atoms with Crippen LogP contribution >= 0.6 is 0 Å². The minimum Gasteiger partial charge on any atom is -0.312 e. The molecule has 2 nitrogen and oxygen atoms in total. The number of fused-ring (bicyclic) bond motifs is 1. The fourth-order valence-electron chi connectivity index (χ4n) is 3.78. The van der Waals surface area contributed by atoms with E-state index in [9.17, 15) is 0 Å². The van der Waals surface area contributed by atoms with Gasteiger partial charge >= 0.3 is 0 Å². The Labute approximate surface area is 99.8 Å². The average Bonchev–Trinajstić information content (AvgIpc) is 2.85. The molecule has 92 valence electrons. The van der Waals surface area contributed by atoms with E-state index in [0.29, 0.717) is 0 Å². The summed E-state index contributed by atoms with van der Waals surface area (Å²) in [6.45, 7) is 7.55. The molecule has 0 spiro atoms. The summed E-state index contributed by atoms with van der Waals surface area (Å²) >= 11 is 0. The highest BCUT2D eigenvalue weighted by Crippen LogP contribution is 2.38. The van der Waals surface area contributed by atoms with Crippen molar-refractivity contribution in [3.63, 3.8) is 0 Å². The number of nitrogens with zero attached hydrogens (tertiary/aromatic N) is 1. The summed E-state index contributed by atoms with van der Waals surface area (Å²) in [5.74, 6) is 3.07. The van der Waals surface area contributed by atoms with Gasteiger partial charge in [0, 0.05) is 19.1 Å². The van der Waals surface area contributed by atoms with Crippen molar-refractivity contribution in [2.75, 3.05) is 26.2 Å². The van der Waals surface area contributed by atoms with Gasteiger partial charge in [0.1, 0.15) is 0 Å². The van der Waals surface area contributed by atoms with Crippen LogP contribution in [0, 0.1) is 17.8 Å². The summed E-state index contributed by atoms with van der Waals surface area (Å²) in [5.41, 5.74) is 0. The smallest absolute Gasteiger partial charge is 0.0226 e. The first-order valence-corrected chi connectivity index (χ1v) is 7.32.